The van der Waals surface area contributed by atoms with Gasteiger partial charge in [0.1, 0.15) is 0 Å². The van der Waals surface area contributed by atoms with Crippen molar-refractivity contribution in [1.29, 1.82) is 0 Å². The molecule has 24 heavy (non-hydrogen) atoms. The highest BCUT2D eigenvalue weighted by Crippen LogP contribution is 2.47. The van der Waals surface area contributed by atoms with Gasteiger partial charge in [0, 0.05) is 3.57 Å². The Bertz CT molecular complexity index is 700. The highest BCUT2D eigenvalue weighted by molar-refractivity contribution is 14.1. The molecule has 0 spiro atoms. The van der Waals surface area contributed by atoms with E-state index >= 15 is 0 Å². The van der Waals surface area contributed by atoms with Gasteiger partial charge >= 0.3 is 23.9 Å². The average molecular weight is 501 g/mol. The Kier molecular flexibility index (Phi) is 5.65. The molecule has 1 aromatic carbocycles. The second-order valence-electron chi connectivity index (χ2n) is 4.20. The number of halogens is 10. The Labute approximate surface area is 142 Å². The summed E-state index contributed by atoms with van der Waals surface area (Å²) >= 11 is 1.07. The molecule has 0 fully saturated rings. The number of alkyl halides is 9. The van der Waals surface area contributed by atoms with Crippen LogP contribution in [0.1, 0.15) is 0 Å². The Morgan fingerprint density at radius 2 is 1.42 bits per heavy atom. The maximum absolute atomic E-state index is 13.7. The molecule has 1 N–H and O–H groups in total. The molecule has 0 aliphatic carbocycles. The Hall–Kier alpha value is -0.930. The molecule has 0 saturated heterocycles. The van der Waals surface area contributed by atoms with E-state index in [2.05, 4.69) is 0 Å². The van der Waals surface area contributed by atoms with Gasteiger partial charge in [-0.25, -0.2) is 8.42 Å². The second kappa shape index (κ2) is 6.42. The van der Waals surface area contributed by atoms with Gasteiger partial charge in [-0.3, -0.25) is 0 Å². The minimum absolute atomic E-state index is 0.332. The quantitative estimate of drug-likeness (QED) is 0.376. The van der Waals surface area contributed by atoms with E-state index in [-0.39, 0.29) is 0 Å². The predicted octanol–water partition coefficient (Wildman–Crippen LogP) is 4.49. The molecule has 0 atom stereocenters. The van der Waals surface area contributed by atoms with E-state index in [1.54, 1.807) is 0 Å². The van der Waals surface area contributed by atoms with Crippen molar-refractivity contribution in [3.8, 4) is 0 Å². The van der Waals surface area contributed by atoms with Crippen molar-refractivity contribution < 1.29 is 47.9 Å². The highest BCUT2D eigenvalue weighted by Gasteiger charge is 2.73. The van der Waals surface area contributed by atoms with Crippen LogP contribution < -0.4 is 5.32 Å². The molecule has 1 aromatic rings. The lowest BCUT2D eigenvalue weighted by atomic mass is 10.2. The van der Waals surface area contributed by atoms with Crippen LogP contribution in [0.15, 0.2) is 23.1 Å². The molecule has 0 aliphatic rings. The molecule has 0 heterocycles. The van der Waals surface area contributed by atoms with Gasteiger partial charge in [-0.05, 0) is 34.7 Å². The van der Waals surface area contributed by atoms with Crippen LogP contribution in [0.5, 0.6) is 0 Å². The van der Waals surface area contributed by atoms with Crippen molar-refractivity contribution in [3.05, 3.63) is 21.8 Å². The van der Waals surface area contributed by atoms with E-state index in [0.717, 1.165) is 34.7 Å². The largest absolute Gasteiger partial charge is 0.451 e. The molecule has 14 heteroatoms. The van der Waals surface area contributed by atoms with Crippen LogP contribution in [0.4, 0.5) is 45.2 Å². The van der Waals surface area contributed by atoms with Gasteiger partial charge in [0.15, 0.2) is 0 Å². The molecule has 1 rings (SSSR count). The van der Waals surface area contributed by atoms with E-state index < -0.39 is 47.9 Å². The number of hydrogen-bond acceptors (Lipinski definition) is 3. The number of anilines is 1. The van der Waals surface area contributed by atoms with Crippen molar-refractivity contribution in [2.45, 2.75) is 28.8 Å². The smallest absolute Gasteiger partial charge is 0.336 e. The number of hydrogen-bond donors (Lipinski definition) is 1. The van der Waals surface area contributed by atoms with Crippen LogP contribution in [0.3, 0.4) is 0 Å². The Morgan fingerprint density at radius 3 is 1.79 bits per heavy atom. The molecular weight excluding hydrogens is 496 g/mol. The first-order valence-electron chi connectivity index (χ1n) is 5.47. The maximum atomic E-state index is 13.7. The van der Waals surface area contributed by atoms with E-state index in [1.807, 2.05) is 0 Å². The predicted molar refractivity (Wildman–Crippen MR) is 71.9 cm³/mol. The van der Waals surface area contributed by atoms with Crippen molar-refractivity contribution >= 4 is 38.1 Å². The number of rotatable bonds is 4. The molecule has 0 amide bonds. The third-order valence-corrected chi connectivity index (χ3v) is 4.92. The number of para-hydroxylation sites is 1. The van der Waals surface area contributed by atoms with Crippen LogP contribution >= 0.6 is 22.6 Å². The number of benzene rings is 1. The van der Waals surface area contributed by atoms with E-state index in [1.165, 1.54) is 0 Å². The lowest BCUT2D eigenvalue weighted by Crippen LogP contribution is -2.59. The fourth-order valence-corrected chi connectivity index (χ4v) is 3.16. The van der Waals surface area contributed by atoms with Gasteiger partial charge in [-0.1, -0.05) is 6.07 Å². The van der Waals surface area contributed by atoms with Crippen LogP contribution in [0, 0.1) is 3.57 Å². The van der Waals surface area contributed by atoms with Crippen LogP contribution in [-0.4, -0.2) is 32.3 Å². The van der Waals surface area contributed by atoms with Gasteiger partial charge in [-0.2, -0.15) is 39.5 Å². The Morgan fingerprint density at radius 1 is 0.958 bits per heavy atom. The SMILES string of the molecule is O=S(=O)(c1cccc(I)c1NC(F)(C(F)(F)F)C(F)(F)F)C(F)F. The van der Waals surface area contributed by atoms with Crippen molar-refractivity contribution in [2.24, 2.45) is 0 Å². The highest BCUT2D eigenvalue weighted by atomic mass is 127. The minimum Gasteiger partial charge on any atom is -0.336 e. The summed E-state index contributed by atoms with van der Waals surface area (Å²) in [6, 6.07) is 1.93. The van der Waals surface area contributed by atoms with Crippen LogP contribution in [0.2, 0.25) is 0 Å². The first-order chi connectivity index (χ1) is 10.6. The third-order valence-electron chi connectivity index (χ3n) is 2.59. The lowest BCUT2D eigenvalue weighted by molar-refractivity contribution is -0.330. The van der Waals surface area contributed by atoms with Crippen LogP contribution in [0.25, 0.3) is 0 Å². The molecule has 0 radical (unpaired) electrons. The molecule has 0 unspecified atom stereocenters. The molecule has 0 bridgehead atoms. The van der Waals surface area contributed by atoms with Crippen LogP contribution in [-0.2, 0) is 9.84 Å². The van der Waals surface area contributed by atoms with E-state index in [9.17, 15) is 47.9 Å². The maximum Gasteiger partial charge on any atom is 0.451 e. The zero-order valence-corrected chi connectivity index (χ0v) is 13.8. The summed E-state index contributed by atoms with van der Waals surface area (Å²) in [5.74, 6) is -10.2. The van der Waals surface area contributed by atoms with Crippen molar-refractivity contribution in [1.82, 2.24) is 0 Å². The molecule has 0 aromatic heterocycles. The van der Waals surface area contributed by atoms with Gasteiger partial charge < -0.3 is 5.32 Å². The number of nitrogens with one attached hydrogen (secondary N) is 1. The van der Waals surface area contributed by atoms with Gasteiger partial charge in [0.2, 0.25) is 9.84 Å². The standard InChI is InChI=1S/C10H5F9INO2S/c11-7(12)24(22,23)5-3-1-2-4(20)6(5)21-8(13,9(14,15)16)10(17,18)19/h1-3,7,21H. The molecule has 138 valence electrons. The monoisotopic (exact) mass is 501 g/mol. The van der Waals surface area contributed by atoms with Crippen molar-refractivity contribution in [3.63, 3.8) is 0 Å². The van der Waals surface area contributed by atoms with Gasteiger partial charge in [-0.15, -0.1) is 0 Å². The topological polar surface area (TPSA) is 46.2 Å². The zero-order valence-electron chi connectivity index (χ0n) is 10.8. The summed E-state index contributed by atoms with van der Waals surface area (Å²) < 4.78 is 136. The summed E-state index contributed by atoms with van der Waals surface area (Å²) in [6.07, 6.45) is -13.1. The fourth-order valence-electron chi connectivity index (χ4n) is 1.43. The number of sulfone groups is 1. The summed E-state index contributed by atoms with van der Waals surface area (Å²) in [7, 11) is -5.60. The van der Waals surface area contributed by atoms with Gasteiger partial charge in [0.25, 0.3) is 0 Å². The third kappa shape index (κ3) is 3.67. The fraction of sp³-hybridized carbons (Fsp3) is 0.400. The average Bonchev–Trinajstić information content (AvgIpc) is 2.37. The van der Waals surface area contributed by atoms with Gasteiger partial charge in [0.05, 0.1) is 10.6 Å². The minimum atomic E-state index is -6.55. The summed E-state index contributed by atoms with van der Waals surface area (Å²) in [5.41, 5.74) is -1.57. The molecule has 0 saturated carbocycles. The summed E-state index contributed by atoms with van der Waals surface area (Å²) in [5, 5.41) is 0.397. The lowest BCUT2D eigenvalue weighted by Gasteiger charge is -2.32. The first kappa shape index (κ1) is 21.1. The van der Waals surface area contributed by atoms with E-state index in [0.29, 0.717) is 11.4 Å². The van der Waals surface area contributed by atoms with E-state index in [4.69, 9.17) is 0 Å². The second-order valence-corrected chi connectivity index (χ2v) is 7.25. The summed E-state index contributed by atoms with van der Waals surface area (Å²) in [6.45, 7) is 0. The zero-order chi connectivity index (χ0) is 19.1. The molecule has 0 aliphatic heterocycles. The summed E-state index contributed by atoms with van der Waals surface area (Å²) in [4.78, 5) is -1.60. The Balaban J connectivity index is 3.65. The molecular formula is C10H5F9INO2S. The first-order valence-corrected chi connectivity index (χ1v) is 8.09. The normalized spacial score (nSPS) is 14.1. The van der Waals surface area contributed by atoms with Crippen molar-refractivity contribution in [2.75, 3.05) is 5.32 Å². The molecule has 3 nitrogen and oxygen atoms in total.